The third kappa shape index (κ3) is 6.53. The maximum absolute atomic E-state index is 11.6. The van der Waals surface area contributed by atoms with Gasteiger partial charge in [-0.3, -0.25) is 14.4 Å². The van der Waals surface area contributed by atoms with Gasteiger partial charge in [-0.15, -0.1) is 11.8 Å². The Balaban J connectivity index is 2.27. The molecule has 3 N–H and O–H groups in total. The van der Waals surface area contributed by atoms with E-state index in [-0.39, 0.29) is 28.7 Å². The molecule has 0 atom stereocenters. The molecule has 1 amide bonds. The first-order valence-corrected chi connectivity index (χ1v) is 7.85. The molecule has 1 aromatic heterocycles. The number of nitriles is 1. The van der Waals surface area contributed by atoms with Gasteiger partial charge in [-0.1, -0.05) is 5.16 Å². The van der Waals surface area contributed by atoms with E-state index in [9.17, 15) is 14.4 Å². The van der Waals surface area contributed by atoms with Crippen LogP contribution < -0.4 is 11.1 Å². The number of anilines is 1. The smallest absolute Gasteiger partial charge is 0.316 e. The fraction of sp³-hybridized carbons (Fsp3) is 0.357. The normalized spacial score (nSPS) is 11.2. The second-order valence-corrected chi connectivity index (χ2v) is 5.60. The summed E-state index contributed by atoms with van der Waals surface area (Å²) in [6, 6.07) is 3.21. The lowest BCUT2D eigenvalue weighted by atomic mass is 10.1. The zero-order valence-corrected chi connectivity index (χ0v) is 13.9. The second kappa shape index (κ2) is 9.36. The van der Waals surface area contributed by atoms with Crippen molar-refractivity contribution in [1.29, 1.82) is 5.26 Å². The zero-order valence-electron chi connectivity index (χ0n) is 13.1. The molecule has 1 heterocycles. The molecule has 1 rings (SSSR count). The van der Waals surface area contributed by atoms with Crippen LogP contribution in [-0.2, 0) is 19.1 Å². The number of thioether (sulfide) groups is 1. The number of hydrogen-bond donors (Lipinski definition) is 2. The Morgan fingerprint density at radius 2 is 2.17 bits per heavy atom. The number of ketones is 1. The molecule has 10 heteroatoms. The summed E-state index contributed by atoms with van der Waals surface area (Å²) in [6.07, 6.45) is 0. The number of allylic oxidation sites excluding steroid dienone is 1. The number of Topliss-reactive ketones (excluding diaryl/α,β-unsaturated/α-hetero) is 1. The number of carbonyl (C=O) groups is 3. The molecule has 0 saturated carbocycles. The number of aromatic nitrogens is 1. The predicted octanol–water partition coefficient (Wildman–Crippen LogP) is 0.523. The summed E-state index contributed by atoms with van der Waals surface area (Å²) in [7, 11) is 0. The van der Waals surface area contributed by atoms with Crippen molar-refractivity contribution in [3.05, 3.63) is 23.1 Å². The molecule has 0 bridgehead atoms. The summed E-state index contributed by atoms with van der Waals surface area (Å²) in [4.78, 5) is 34.7. The molecule has 0 aliphatic heterocycles. The van der Waals surface area contributed by atoms with Gasteiger partial charge in [-0.05, 0) is 13.8 Å². The van der Waals surface area contributed by atoms with E-state index < -0.39 is 18.4 Å². The Hall–Kier alpha value is -2.80. The van der Waals surface area contributed by atoms with Crippen LogP contribution in [0.25, 0.3) is 0 Å². The summed E-state index contributed by atoms with van der Waals surface area (Å²) in [5.74, 6) is -0.971. The zero-order chi connectivity index (χ0) is 18.1. The van der Waals surface area contributed by atoms with Crippen molar-refractivity contribution >= 4 is 35.2 Å². The van der Waals surface area contributed by atoms with E-state index in [2.05, 4.69) is 10.5 Å². The van der Waals surface area contributed by atoms with E-state index in [1.54, 1.807) is 19.1 Å². The van der Waals surface area contributed by atoms with Crippen LogP contribution in [0.1, 0.15) is 12.7 Å². The van der Waals surface area contributed by atoms with Crippen LogP contribution in [0.15, 0.2) is 21.9 Å². The molecule has 0 aliphatic rings. The van der Waals surface area contributed by atoms with Gasteiger partial charge in [0.1, 0.15) is 17.4 Å². The van der Waals surface area contributed by atoms with Crippen LogP contribution in [0.5, 0.6) is 0 Å². The van der Waals surface area contributed by atoms with Gasteiger partial charge >= 0.3 is 5.97 Å². The molecular weight excluding hydrogens is 336 g/mol. The van der Waals surface area contributed by atoms with Gasteiger partial charge in [0.15, 0.2) is 12.4 Å². The number of esters is 1. The molecule has 24 heavy (non-hydrogen) atoms. The highest BCUT2D eigenvalue weighted by Crippen LogP contribution is 2.08. The number of amides is 1. The summed E-state index contributed by atoms with van der Waals surface area (Å²) in [5, 5.41) is 14.8. The van der Waals surface area contributed by atoms with E-state index in [0.717, 1.165) is 11.8 Å². The summed E-state index contributed by atoms with van der Waals surface area (Å²) < 4.78 is 9.53. The van der Waals surface area contributed by atoms with Crippen molar-refractivity contribution in [2.75, 3.05) is 23.4 Å². The van der Waals surface area contributed by atoms with E-state index in [0.29, 0.717) is 11.6 Å². The van der Waals surface area contributed by atoms with Gasteiger partial charge in [0.2, 0.25) is 11.7 Å². The van der Waals surface area contributed by atoms with E-state index in [1.807, 2.05) is 0 Å². The van der Waals surface area contributed by atoms with Crippen molar-refractivity contribution in [2.24, 2.45) is 5.73 Å². The largest absolute Gasteiger partial charge is 0.457 e. The van der Waals surface area contributed by atoms with Crippen LogP contribution in [0.4, 0.5) is 5.82 Å². The van der Waals surface area contributed by atoms with Crippen LogP contribution in [0.2, 0.25) is 0 Å². The van der Waals surface area contributed by atoms with Crippen molar-refractivity contribution in [1.82, 2.24) is 5.16 Å². The lowest BCUT2D eigenvalue weighted by Crippen LogP contribution is -2.20. The number of nitrogens with two attached hydrogens (primary N) is 1. The Bertz CT molecular complexity index is 700. The fourth-order valence-corrected chi connectivity index (χ4v) is 2.07. The maximum Gasteiger partial charge on any atom is 0.316 e. The lowest BCUT2D eigenvalue weighted by molar-refractivity contribution is -0.144. The van der Waals surface area contributed by atoms with Crippen molar-refractivity contribution < 1.29 is 23.6 Å². The summed E-state index contributed by atoms with van der Waals surface area (Å²) >= 11 is 1.01. The van der Waals surface area contributed by atoms with Gasteiger partial charge in [0.25, 0.3) is 0 Å². The average Bonchev–Trinajstić information content (AvgIpc) is 2.90. The molecule has 9 nitrogen and oxygen atoms in total. The molecule has 0 radical (unpaired) electrons. The van der Waals surface area contributed by atoms with Gasteiger partial charge in [0.05, 0.1) is 11.5 Å². The molecule has 0 fully saturated rings. The van der Waals surface area contributed by atoms with Crippen molar-refractivity contribution in [2.45, 2.75) is 13.8 Å². The molecular formula is C14H16N4O5S. The number of rotatable bonds is 8. The molecule has 0 aliphatic carbocycles. The van der Waals surface area contributed by atoms with Crippen LogP contribution in [-0.4, -0.2) is 40.9 Å². The first-order valence-electron chi connectivity index (χ1n) is 6.69. The predicted molar refractivity (Wildman–Crippen MR) is 85.7 cm³/mol. The van der Waals surface area contributed by atoms with E-state index in [1.165, 1.54) is 6.92 Å². The van der Waals surface area contributed by atoms with Crippen molar-refractivity contribution in [3.63, 3.8) is 0 Å². The molecule has 0 spiro atoms. The van der Waals surface area contributed by atoms with Gasteiger partial charge in [-0.2, -0.15) is 5.26 Å². The summed E-state index contributed by atoms with van der Waals surface area (Å²) in [5.41, 5.74) is 5.19. The SMILES string of the molecule is CC(N)=C(C#N)C(=O)COC(=O)CSCC(=O)Nc1cc(C)on1. The third-order valence-corrected chi connectivity index (χ3v) is 3.40. The number of nitrogens with one attached hydrogen (secondary N) is 1. The lowest BCUT2D eigenvalue weighted by Gasteiger charge is -2.04. The molecule has 0 unspecified atom stereocenters. The number of nitrogens with zero attached hydrogens (tertiary/aromatic N) is 2. The van der Waals surface area contributed by atoms with Crippen molar-refractivity contribution in [3.8, 4) is 6.07 Å². The van der Waals surface area contributed by atoms with E-state index in [4.69, 9.17) is 20.3 Å². The number of aryl methyl sites for hydroxylation is 1. The van der Waals surface area contributed by atoms with Gasteiger partial charge < -0.3 is 20.3 Å². The minimum atomic E-state index is -0.676. The first kappa shape index (κ1) is 19.2. The molecule has 0 aromatic carbocycles. The highest BCUT2D eigenvalue weighted by Gasteiger charge is 2.15. The Morgan fingerprint density at radius 3 is 2.71 bits per heavy atom. The molecule has 0 saturated heterocycles. The van der Waals surface area contributed by atoms with E-state index >= 15 is 0 Å². The minimum Gasteiger partial charge on any atom is -0.457 e. The molecule has 1 aromatic rings. The van der Waals surface area contributed by atoms with Crippen LogP contribution in [0, 0.1) is 18.3 Å². The monoisotopic (exact) mass is 352 g/mol. The second-order valence-electron chi connectivity index (χ2n) is 4.62. The topological polar surface area (TPSA) is 148 Å². The first-order chi connectivity index (χ1) is 11.3. The minimum absolute atomic E-state index is 0.000209. The quantitative estimate of drug-likeness (QED) is 0.388. The summed E-state index contributed by atoms with van der Waals surface area (Å²) in [6.45, 7) is 2.53. The van der Waals surface area contributed by atoms with Crippen LogP contribution >= 0.6 is 11.8 Å². The Morgan fingerprint density at radius 1 is 1.46 bits per heavy atom. The average molecular weight is 352 g/mol. The fourth-order valence-electron chi connectivity index (χ4n) is 1.46. The molecule has 128 valence electrons. The third-order valence-electron chi connectivity index (χ3n) is 2.50. The maximum atomic E-state index is 11.6. The van der Waals surface area contributed by atoms with Crippen LogP contribution in [0.3, 0.4) is 0 Å². The number of ether oxygens (including phenoxy) is 1. The van der Waals surface area contributed by atoms with Gasteiger partial charge in [-0.25, -0.2) is 0 Å². The Kier molecular flexibility index (Phi) is 7.51. The highest BCUT2D eigenvalue weighted by atomic mass is 32.2. The number of hydrogen-bond acceptors (Lipinski definition) is 9. The Labute approximate surface area is 142 Å². The number of carbonyl (C=O) groups excluding carboxylic acids is 3. The highest BCUT2D eigenvalue weighted by molar-refractivity contribution is 8.00. The standard InChI is InChI=1S/C14H16N4O5S/c1-8-3-12(18-23-8)17-13(20)6-24-7-14(21)22-5-11(19)10(4-15)9(2)16/h3H,5-7,16H2,1-2H3,(H,17,18,20). The van der Waals surface area contributed by atoms with Gasteiger partial charge in [0, 0.05) is 11.8 Å².